The van der Waals surface area contributed by atoms with Crippen LogP contribution in [0.5, 0.6) is 0 Å². The number of aromatic nitrogens is 1. The van der Waals surface area contributed by atoms with E-state index >= 15 is 0 Å². The van der Waals surface area contributed by atoms with E-state index in [1.807, 2.05) is 42.5 Å². The molecule has 0 radical (unpaired) electrons. The van der Waals surface area contributed by atoms with Crippen molar-refractivity contribution >= 4 is 11.7 Å². The molecule has 4 rings (SSSR count). The summed E-state index contributed by atoms with van der Waals surface area (Å²) in [4.78, 5) is 18.5. The van der Waals surface area contributed by atoms with E-state index in [4.69, 9.17) is 6.42 Å². The number of amides is 2. The van der Waals surface area contributed by atoms with E-state index < -0.39 is 0 Å². The second-order valence-corrected chi connectivity index (χ2v) is 8.24. The molecule has 0 spiro atoms. The number of urea groups is 1. The lowest BCUT2D eigenvalue weighted by atomic mass is 9.99. The first-order valence-corrected chi connectivity index (χ1v) is 11.5. The third-order valence-electron chi connectivity index (χ3n) is 5.60. The second-order valence-electron chi connectivity index (χ2n) is 8.24. The molecule has 0 bridgehead atoms. The van der Waals surface area contributed by atoms with Crippen LogP contribution in [-0.2, 0) is 19.6 Å². The van der Waals surface area contributed by atoms with Gasteiger partial charge in [0.2, 0.25) is 0 Å². The van der Waals surface area contributed by atoms with Crippen LogP contribution < -0.4 is 10.6 Å². The van der Waals surface area contributed by atoms with Gasteiger partial charge in [0.05, 0.1) is 6.54 Å². The Kier molecular flexibility index (Phi) is 8.26. The highest BCUT2D eigenvalue weighted by Gasteiger charge is 2.11. The van der Waals surface area contributed by atoms with Crippen LogP contribution in [0.2, 0.25) is 0 Å². The van der Waals surface area contributed by atoms with Gasteiger partial charge >= 0.3 is 6.03 Å². The number of carbonyl (C=O) groups is 1. The number of carbonyl (C=O) groups excluding carboxylic acids is 1. The third kappa shape index (κ3) is 7.04. The van der Waals surface area contributed by atoms with Crippen LogP contribution >= 0.6 is 0 Å². The van der Waals surface area contributed by atoms with Crippen molar-refractivity contribution in [2.75, 3.05) is 11.9 Å². The number of hydrogen-bond acceptors (Lipinski definition) is 3. The molecule has 0 unspecified atom stereocenters. The maximum absolute atomic E-state index is 12.2. The normalized spacial score (nSPS) is 10.5. The summed E-state index contributed by atoms with van der Waals surface area (Å²) >= 11 is 0. The minimum atomic E-state index is -0.256. The van der Waals surface area contributed by atoms with Gasteiger partial charge in [-0.25, -0.2) is 4.79 Å². The van der Waals surface area contributed by atoms with Crippen molar-refractivity contribution in [2.24, 2.45) is 0 Å². The summed E-state index contributed by atoms with van der Waals surface area (Å²) in [5.41, 5.74) is 6.44. The van der Waals surface area contributed by atoms with Gasteiger partial charge in [-0.05, 0) is 46.0 Å². The zero-order valence-electron chi connectivity index (χ0n) is 19.5. The van der Waals surface area contributed by atoms with E-state index in [1.165, 1.54) is 16.7 Å². The van der Waals surface area contributed by atoms with Gasteiger partial charge in [0.15, 0.2) is 0 Å². The van der Waals surface area contributed by atoms with Crippen molar-refractivity contribution in [3.8, 4) is 23.5 Å². The first-order valence-electron chi connectivity index (χ1n) is 11.5. The number of terminal acetylenes is 1. The number of hydrogen-bond donors (Lipinski definition) is 2. The smallest absolute Gasteiger partial charge is 0.319 e. The SMILES string of the molecule is C#CCN(Cc1ccc(NC(=O)NCc2cccnc2)cc1)Cc1ccccc1-c1ccccc1. The average molecular weight is 461 g/mol. The maximum atomic E-state index is 12.2. The van der Waals surface area contributed by atoms with Crippen LogP contribution in [0.3, 0.4) is 0 Å². The quantitative estimate of drug-likeness (QED) is 0.315. The van der Waals surface area contributed by atoms with Crippen molar-refractivity contribution < 1.29 is 4.79 Å². The van der Waals surface area contributed by atoms with Crippen LogP contribution in [0.15, 0.2) is 103 Å². The van der Waals surface area contributed by atoms with E-state index in [0.29, 0.717) is 19.6 Å². The lowest BCUT2D eigenvalue weighted by molar-refractivity contribution is 0.251. The molecule has 0 aliphatic carbocycles. The molecule has 4 aromatic rings. The number of anilines is 1. The molecule has 5 heteroatoms. The Labute approximate surface area is 206 Å². The minimum Gasteiger partial charge on any atom is -0.334 e. The molecule has 0 atom stereocenters. The van der Waals surface area contributed by atoms with Crippen LogP contribution in [0.25, 0.3) is 11.1 Å². The summed E-state index contributed by atoms with van der Waals surface area (Å²) in [6, 6.07) is 30.2. The summed E-state index contributed by atoms with van der Waals surface area (Å²) in [6.07, 6.45) is 9.12. The van der Waals surface area contributed by atoms with Crippen molar-refractivity contribution in [1.29, 1.82) is 0 Å². The maximum Gasteiger partial charge on any atom is 0.319 e. The van der Waals surface area contributed by atoms with Crippen molar-refractivity contribution in [3.05, 3.63) is 120 Å². The zero-order valence-corrected chi connectivity index (χ0v) is 19.5. The minimum absolute atomic E-state index is 0.256. The molecule has 0 fully saturated rings. The first kappa shape index (κ1) is 23.7. The predicted octanol–water partition coefficient (Wildman–Crippen LogP) is 5.71. The van der Waals surface area contributed by atoms with E-state index in [9.17, 15) is 4.79 Å². The molecule has 1 aromatic heterocycles. The Balaban J connectivity index is 1.37. The van der Waals surface area contributed by atoms with Crippen LogP contribution in [0.4, 0.5) is 10.5 Å². The molecule has 3 aromatic carbocycles. The Morgan fingerprint density at radius 1 is 0.857 bits per heavy atom. The summed E-state index contributed by atoms with van der Waals surface area (Å²) in [7, 11) is 0. The van der Waals surface area contributed by atoms with Gasteiger partial charge < -0.3 is 10.6 Å². The molecular formula is C30H28N4O. The largest absolute Gasteiger partial charge is 0.334 e. The number of pyridine rings is 1. The summed E-state index contributed by atoms with van der Waals surface area (Å²) in [5.74, 6) is 2.79. The topological polar surface area (TPSA) is 57.3 Å². The molecule has 0 aliphatic heterocycles. The summed E-state index contributed by atoms with van der Waals surface area (Å²) < 4.78 is 0. The lowest BCUT2D eigenvalue weighted by Crippen LogP contribution is -2.28. The highest BCUT2D eigenvalue weighted by Crippen LogP contribution is 2.25. The molecule has 0 saturated carbocycles. The Hall–Kier alpha value is -4.40. The van der Waals surface area contributed by atoms with Gasteiger partial charge in [-0.15, -0.1) is 6.42 Å². The van der Waals surface area contributed by atoms with Gasteiger partial charge in [0, 0.05) is 37.7 Å². The fourth-order valence-corrected chi connectivity index (χ4v) is 3.91. The van der Waals surface area contributed by atoms with Gasteiger partial charge in [-0.3, -0.25) is 9.88 Å². The third-order valence-corrected chi connectivity index (χ3v) is 5.60. The molecule has 1 heterocycles. The van der Waals surface area contributed by atoms with Gasteiger partial charge in [-0.2, -0.15) is 0 Å². The number of nitrogens with zero attached hydrogens (tertiary/aromatic N) is 2. The molecule has 2 amide bonds. The van der Waals surface area contributed by atoms with Gasteiger partial charge in [-0.1, -0.05) is 78.7 Å². The summed E-state index contributed by atoms with van der Waals surface area (Å²) in [6.45, 7) is 2.41. The standard InChI is InChI=1S/C30H28N4O/c1-2-19-34(23-27-12-6-7-13-29(27)26-10-4-3-5-11-26)22-24-14-16-28(17-15-24)33-30(35)32-21-25-9-8-18-31-20-25/h1,3-18,20H,19,21-23H2,(H2,32,33,35). The van der Waals surface area contributed by atoms with Crippen LogP contribution in [-0.4, -0.2) is 22.5 Å². The number of nitrogens with one attached hydrogen (secondary N) is 2. The molecule has 174 valence electrons. The summed E-state index contributed by atoms with van der Waals surface area (Å²) in [5, 5.41) is 5.70. The molecule has 0 saturated heterocycles. The first-order chi connectivity index (χ1) is 17.2. The van der Waals surface area contributed by atoms with E-state index in [0.717, 1.165) is 23.4 Å². The number of benzene rings is 3. The second kappa shape index (κ2) is 12.2. The van der Waals surface area contributed by atoms with E-state index in [-0.39, 0.29) is 6.03 Å². The van der Waals surface area contributed by atoms with Crippen LogP contribution in [0.1, 0.15) is 16.7 Å². The zero-order chi connectivity index (χ0) is 24.3. The van der Waals surface area contributed by atoms with Gasteiger partial charge in [0.25, 0.3) is 0 Å². The monoisotopic (exact) mass is 460 g/mol. The molecule has 0 aliphatic rings. The van der Waals surface area contributed by atoms with Crippen LogP contribution in [0, 0.1) is 12.3 Å². The fourth-order valence-electron chi connectivity index (χ4n) is 3.91. The molecular weight excluding hydrogens is 432 g/mol. The Morgan fingerprint density at radius 3 is 2.37 bits per heavy atom. The van der Waals surface area contributed by atoms with E-state index in [2.05, 4.69) is 75.0 Å². The Bertz CT molecular complexity index is 1270. The number of rotatable bonds is 9. The molecule has 2 N–H and O–H groups in total. The van der Waals surface area contributed by atoms with Crippen molar-refractivity contribution in [3.63, 3.8) is 0 Å². The van der Waals surface area contributed by atoms with Crippen molar-refractivity contribution in [2.45, 2.75) is 19.6 Å². The van der Waals surface area contributed by atoms with Crippen molar-refractivity contribution in [1.82, 2.24) is 15.2 Å². The fraction of sp³-hybridized carbons (Fsp3) is 0.133. The van der Waals surface area contributed by atoms with Gasteiger partial charge in [0.1, 0.15) is 0 Å². The lowest BCUT2D eigenvalue weighted by Gasteiger charge is -2.22. The predicted molar refractivity (Wildman–Crippen MR) is 141 cm³/mol. The Morgan fingerprint density at radius 2 is 1.63 bits per heavy atom. The molecule has 35 heavy (non-hydrogen) atoms. The molecule has 5 nitrogen and oxygen atoms in total. The highest BCUT2D eigenvalue weighted by molar-refractivity contribution is 5.89. The highest BCUT2D eigenvalue weighted by atomic mass is 16.2. The average Bonchev–Trinajstić information content (AvgIpc) is 2.90. The van der Waals surface area contributed by atoms with E-state index in [1.54, 1.807) is 12.4 Å².